The molecule has 0 spiro atoms. The molecule has 0 saturated carbocycles. The molecule has 1 heterocycles. The maximum absolute atomic E-state index is 5.84. The van der Waals surface area contributed by atoms with Gasteiger partial charge < -0.3 is 0 Å². The second-order valence-corrected chi connectivity index (χ2v) is 3.28. The Morgan fingerprint density at radius 2 is 1.64 bits per heavy atom. The lowest BCUT2D eigenvalue weighted by Gasteiger charge is -2.00. The van der Waals surface area contributed by atoms with Crippen LogP contribution < -0.4 is 0 Å². The van der Waals surface area contributed by atoms with E-state index in [1.807, 2.05) is 30.3 Å². The zero-order valence-corrected chi connectivity index (χ0v) is 8.50. The molecule has 0 saturated heterocycles. The Bertz CT molecular complexity index is 445. The number of nitrogens with zero attached hydrogens (tertiary/aromatic N) is 3. The van der Waals surface area contributed by atoms with Crippen LogP contribution in [0.15, 0.2) is 30.3 Å². The SMILES string of the molecule is Clc1nnc(Cl)c(-c2ccccc2)n1. The van der Waals surface area contributed by atoms with Gasteiger partial charge in [-0.25, -0.2) is 4.98 Å². The summed E-state index contributed by atoms with van der Waals surface area (Å²) < 4.78 is 0. The van der Waals surface area contributed by atoms with Crippen molar-refractivity contribution in [3.63, 3.8) is 0 Å². The summed E-state index contributed by atoms with van der Waals surface area (Å²) in [6, 6.07) is 9.45. The van der Waals surface area contributed by atoms with Crippen LogP contribution in [-0.2, 0) is 0 Å². The van der Waals surface area contributed by atoms with E-state index < -0.39 is 0 Å². The molecular formula is C9H5Cl2N3. The van der Waals surface area contributed by atoms with Crippen LogP contribution in [0.3, 0.4) is 0 Å². The molecule has 0 fully saturated rings. The van der Waals surface area contributed by atoms with Crippen LogP contribution in [0.2, 0.25) is 10.4 Å². The highest BCUT2D eigenvalue weighted by molar-refractivity contribution is 6.32. The molecule has 5 heteroatoms. The van der Waals surface area contributed by atoms with Crippen LogP contribution in [0.5, 0.6) is 0 Å². The van der Waals surface area contributed by atoms with Crippen LogP contribution in [0.25, 0.3) is 11.3 Å². The van der Waals surface area contributed by atoms with E-state index in [2.05, 4.69) is 15.2 Å². The van der Waals surface area contributed by atoms with Gasteiger partial charge in [-0.2, -0.15) is 0 Å². The van der Waals surface area contributed by atoms with Gasteiger partial charge in [0.25, 0.3) is 0 Å². The van der Waals surface area contributed by atoms with E-state index in [9.17, 15) is 0 Å². The number of aromatic nitrogens is 3. The van der Waals surface area contributed by atoms with Crippen molar-refractivity contribution in [1.29, 1.82) is 0 Å². The second kappa shape index (κ2) is 3.90. The van der Waals surface area contributed by atoms with E-state index in [0.717, 1.165) is 5.56 Å². The molecule has 1 aromatic carbocycles. The van der Waals surface area contributed by atoms with Crippen LogP contribution in [0.4, 0.5) is 0 Å². The first-order valence-corrected chi connectivity index (χ1v) is 4.64. The zero-order valence-electron chi connectivity index (χ0n) is 6.98. The van der Waals surface area contributed by atoms with Gasteiger partial charge in [-0.05, 0) is 11.6 Å². The lowest BCUT2D eigenvalue weighted by molar-refractivity contribution is 0.975. The molecule has 14 heavy (non-hydrogen) atoms. The summed E-state index contributed by atoms with van der Waals surface area (Å²) in [5.41, 5.74) is 1.42. The van der Waals surface area contributed by atoms with Crippen molar-refractivity contribution in [2.24, 2.45) is 0 Å². The van der Waals surface area contributed by atoms with Crippen LogP contribution in [-0.4, -0.2) is 15.2 Å². The Labute approximate surface area is 90.7 Å². The molecule has 0 aliphatic carbocycles. The Kier molecular flexibility index (Phi) is 2.61. The van der Waals surface area contributed by atoms with Crippen molar-refractivity contribution < 1.29 is 0 Å². The lowest BCUT2D eigenvalue weighted by Crippen LogP contribution is -1.92. The molecule has 0 aliphatic heterocycles. The molecule has 0 unspecified atom stereocenters. The zero-order chi connectivity index (χ0) is 9.97. The fraction of sp³-hybridized carbons (Fsp3) is 0. The van der Waals surface area contributed by atoms with Crippen molar-refractivity contribution >= 4 is 23.2 Å². The number of rotatable bonds is 1. The van der Waals surface area contributed by atoms with Crippen LogP contribution in [0, 0.1) is 0 Å². The fourth-order valence-corrected chi connectivity index (χ4v) is 1.38. The summed E-state index contributed by atoms with van der Waals surface area (Å²) in [6.45, 7) is 0. The highest BCUT2D eigenvalue weighted by Crippen LogP contribution is 2.23. The van der Waals surface area contributed by atoms with Gasteiger partial charge in [0.2, 0.25) is 5.28 Å². The summed E-state index contributed by atoms with van der Waals surface area (Å²) in [7, 11) is 0. The average Bonchev–Trinajstić information content (AvgIpc) is 2.23. The third kappa shape index (κ3) is 1.84. The highest BCUT2D eigenvalue weighted by Gasteiger charge is 2.07. The minimum atomic E-state index is 0.0910. The van der Waals surface area contributed by atoms with E-state index in [-0.39, 0.29) is 10.4 Å². The topological polar surface area (TPSA) is 38.7 Å². The van der Waals surface area contributed by atoms with Gasteiger partial charge in [-0.1, -0.05) is 41.9 Å². The molecule has 0 radical (unpaired) electrons. The lowest BCUT2D eigenvalue weighted by atomic mass is 10.2. The quantitative estimate of drug-likeness (QED) is 0.750. The summed E-state index contributed by atoms with van der Waals surface area (Å²) in [6.07, 6.45) is 0. The number of benzene rings is 1. The van der Waals surface area contributed by atoms with Crippen molar-refractivity contribution in [2.75, 3.05) is 0 Å². The van der Waals surface area contributed by atoms with Gasteiger partial charge in [-0.3, -0.25) is 0 Å². The summed E-state index contributed by atoms with van der Waals surface area (Å²) in [4.78, 5) is 4.00. The van der Waals surface area contributed by atoms with Gasteiger partial charge in [0.1, 0.15) is 5.69 Å². The summed E-state index contributed by atoms with van der Waals surface area (Å²) in [5.74, 6) is 0. The smallest absolute Gasteiger partial charge is 0.213 e. The van der Waals surface area contributed by atoms with E-state index in [1.165, 1.54) is 0 Å². The molecular weight excluding hydrogens is 221 g/mol. The Morgan fingerprint density at radius 1 is 0.929 bits per heavy atom. The Morgan fingerprint density at radius 3 is 2.36 bits per heavy atom. The molecule has 3 nitrogen and oxygen atoms in total. The van der Waals surface area contributed by atoms with Crippen LogP contribution >= 0.6 is 23.2 Å². The minimum Gasteiger partial charge on any atom is -0.213 e. The van der Waals surface area contributed by atoms with Gasteiger partial charge in [0, 0.05) is 5.56 Å². The predicted molar refractivity (Wildman–Crippen MR) is 55.3 cm³/mol. The molecule has 0 atom stereocenters. The monoisotopic (exact) mass is 225 g/mol. The van der Waals surface area contributed by atoms with Crippen molar-refractivity contribution in [3.8, 4) is 11.3 Å². The first-order valence-electron chi connectivity index (χ1n) is 3.88. The summed E-state index contributed by atoms with van der Waals surface area (Å²) in [5, 5.41) is 7.55. The molecule has 0 N–H and O–H groups in total. The van der Waals surface area contributed by atoms with Crippen molar-refractivity contribution in [1.82, 2.24) is 15.2 Å². The average molecular weight is 226 g/mol. The highest BCUT2D eigenvalue weighted by atomic mass is 35.5. The van der Waals surface area contributed by atoms with Gasteiger partial charge in [0.15, 0.2) is 5.15 Å². The molecule has 0 aliphatic rings. The molecule has 0 amide bonds. The standard InChI is InChI=1S/C9H5Cl2N3/c10-8-7(12-9(11)14-13-8)6-4-2-1-3-5-6/h1-5H. The Balaban J connectivity index is 2.57. The fourth-order valence-electron chi connectivity index (χ4n) is 1.07. The van der Waals surface area contributed by atoms with E-state index in [1.54, 1.807) is 0 Å². The van der Waals surface area contributed by atoms with Crippen molar-refractivity contribution in [2.45, 2.75) is 0 Å². The number of halogens is 2. The minimum absolute atomic E-state index is 0.0910. The first kappa shape index (κ1) is 9.37. The van der Waals surface area contributed by atoms with Gasteiger partial charge in [-0.15, -0.1) is 10.2 Å². The molecule has 2 aromatic rings. The van der Waals surface area contributed by atoms with E-state index in [4.69, 9.17) is 23.2 Å². The third-order valence-electron chi connectivity index (χ3n) is 1.67. The van der Waals surface area contributed by atoms with Crippen molar-refractivity contribution in [3.05, 3.63) is 40.8 Å². The number of hydrogen-bond donors (Lipinski definition) is 0. The Hall–Kier alpha value is -1.19. The molecule has 2 rings (SSSR count). The predicted octanol–water partition coefficient (Wildman–Crippen LogP) is 2.85. The third-order valence-corrected chi connectivity index (χ3v) is 2.08. The number of hydrogen-bond acceptors (Lipinski definition) is 3. The molecule has 0 bridgehead atoms. The van der Waals surface area contributed by atoms with Gasteiger partial charge >= 0.3 is 0 Å². The summed E-state index contributed by atoms with van der Waals surface area (Å²) >= 11 is 11.5. The molecule has 1 aromatic heterocycles. The second-order valence-electron chi connectivity index (χ2n) is 2.59. The maximum atomic E-state index is 5.84. The normalized spacial score (nSPS) is 10.1. The maximum Gasteiger partial charge on any atom is 0.243 e. The first-order chi connectivity index (χ1) is 6.77. The van der Waals surface area contributed by atoms with E-state index in [0.29, 0.717) is 5.69 Å². The molecule has 70 valence electrons. The largest absolute Gasteiger partial charge is 0.243 e. The van der Waals surface area contributed by atoms with Gasteiger partial charge in [0.05, 0.1) is 0 Å². The van der Waals surface area contributed by atoms with E-state index >= 15 is 0 Å². The van der Waals surface area contributed by atoms with Crippen LogP contribution in [0.1, 0.15) is 0 Å².